The Balaban J connectivity index is 2.61. The molecule has 1 nitrogen and oxygen atoms in total. The summed E-state index contributed by atoms with van der Waals surface area (Å²) in [7, 11) is -0.223. The van der Waals surface area contributed by atoms with Crippen molar-refractivity contribution in [1.29, 1.82) is 0 Å². The summed E-state index contributed by atoms with van der Waals surface area (Å²) < 4.78 is 0. The number of hydrogen-bond donors (Lipinski definition) is 1. The minimum Gasteiger partial charge on any atom is -0.339 e. The normalized spacial score (nSPS) is 11.3. The van der Waals surface area contributed by atoms with Crippen molar-refractivity contribution < 1.29 is 0 Å². The van der Waals surface area contributed by atoms with Crippen molar-refractivity contribution in [3.8, 4) is 0 Å². The van der Waals surface area contributed by atoms with Crippen molar-refractivity contribution in [2.24, 2.45) is 0 Å². The average Bonchev–Trinajstić information content (AvgIpc) is 2.13. The minimum atomic E-state index is -0.223. The number of nitrogens with one attached hydrogen (secondary N) is 1. The summed E-state index contributed by atoms with van der Waals surface area (Å²) in [6.45, 7) is 7.79. The number of rotatable bonds is 4. The zero-order chi connectivity index (χ0) is 9.68. The topological polar surface area (TPSA) is 12.0 Å². The predicted molar refractivity (Wildman–Crippen MR) is 62.4 cm³/mol. The van der Waals surface area contributed by atoms with Crippen molar-refractivity contribution in [3.63, 3.8) is 0 Å². The molecule has 0 saturated carbocycles. The molecule has 72 valence electrons. The molecule has 0 radical (unpaired) electrons. The lowest BCUT2D eigenvalue weighted by molar-refractivity contribution is 0.863. The van der Waals surface area contributed by atoms with Crippen LogP contribution in [-0.4, -0.2) is 16.2 Å². The van der Waals surface area contributed by atoms with Gasteiger partial charge in [-0.3, -0.25) is 0 Å². The lowest BCUT2D eigenvalue weighted by Crippen LogP contribution is -2.32. The highest BCUT2D eigenvalue weighted by molar-refractivity contribution is 6.51. The third-order valence-electron chi connectivity index (χ3n) is 2.46. The molecule has 0 aromatic heterocycles. The van der Waals surface area contributed by atoms with Crippen LogP contribution in [0.3, 0.4) is 0 Å². The molecule has 1 rings (SSSR count). The maximum absolute atomic E-state index is 3.56. The monoisotopic (exact) mass is 193 g/mol. The van der Waals surface area contributed by atoms with Crippen LogP contribution < -0.4 is 10.2 Å². The zero-order valence-electron chi connectivity index (χ0n) is 8.85. The van der Waals surface area contributed by atoms with Crippen LogP contribution in [0.15, 0.2) is 18.2 Å². The van der Waals surface area contributed by atoms with E-state index in [2.05, 4.69) is 44.0 Å². The summed E-state index contributed by atoms with van der Waals surface area (Å²) in [5, 5.41) is 1.56. The van der Waals surface area contributed by atoms with Gasteiger partial charge in [0.2, 0.25) is 0 Å². The highest BCUT2D eigenvalue weighted by Gasteiger charge is 1.99. The van der Waals surface area contributed by atoms with Crippen LogP contribution in [0.2, 0.25) is 0 Å². The molecule has 0 aliphatic rings. The molecule has 0 amide bonds. The van der Waals surface area contributed by atoms with E-state index in [0.29, 0.717) is 0 Å². The Labute approximate surface area is 83.5 Å². The summed E-state index contributed by atoms with van der Waals surface area (Å²) >= 11 is 0. The van der Waals surface area contributed by atoms with E-state index in [1.807, 2.05) is 0 Å². The smallest absolute Gasteiger partial charge is 0.125 e. The van der Waals surface area contributed by atoms with Gasteiger partial charge in [-0.25, -0.2) is 0 Å². The van der Waals surface area contributed by atoms with Crippen molar-refractivity contribution in [3.05, 3.63) is 29.3 Å². The molecule has 0 saturated heterocycles. The van der Waals surface area contributed by atoms with Gasteiger partial charge in [0.25, 0.3) is 0 Å². The van der Waals surface area contributed by atoms with Gasteiger partial charge in [0, 0.05) is 0 Å². The second-order valence-electron chi connectivity index (χ2n) is 3.54. The summed E-state index contributed by atoms with van der Waals surface area (Å²) in [5.74, 6) is 0. The molecule has 0 fully saturated rings. The fourth-order valence-corrected chi connectivity index (χ4v) is 3.00. The van der Waals surface area contributed by atoms with E-state index < -0.39 is 0 Å². The van der Waals surface area contributed by atoms with Crippen molar-refractivity contribution in [2.45, 2.75) is 27.2 Å². The van der Waals surface area contributed by atoms with Crippen LogP contribution in [0, 0.1) is 13.8 Å². The SMILES string of the molecule is CCCN[SiH2]c1cccc(C)c1C. The molecule has 1 aromatic rings. The van der Waals surface area contributed by atoms with E-state index in [4.69, 9.17) is 0 Å². The molecule has 1 aromatic carbocycles. The highest BCUT2D eigenvalue weighted by atomic mass is 28.2. The Hall–Kier alpha value is -0.603. The largest absolute Gasteiger partial charge is 0.339 e. The van der Waals surface area contributed by atoms with Gasteiger partial charge in [-0.1, -0.05) is 25.1 Å². The predicted octanol–water partition coefficient (Wildman–Crippen LogP) is 1.01. The van der Waals surface area contributed by atoms with Gasteiger partial charge in [0.05, 0.1) is 0 Å². The molecule has 13 heavy (non-hydrogen) atoms. The van der Waals surface area contributed by atoms with Crippen LogP contribution in [-0.2, 0) is 0 Å². The highest BCUT2D eigenvalue weighted by Crippen LogP contribution is 2.01. The first-order valence-corrected chi connectivity index (χ1v) is 6.43. The molecule has 1 N–H and O–H groups in total. The van der Waals surface area contributed by atoms with Crippen LogP contribution in [0.25, 0.3) is 0 Å². The maximum Gasteiger partial charge on any atom is 0.125 e. The molecule has 0 spiro atoms. The molecular formula is C11H19NSi. The molecule has 0 aliphatic carbocycles. The van der Waals surface area contributed by atoms with E-state index in [1.54, 1.807) is 5.19 Å². The third-order valence-corrected chi connectivity index (χ3v) is 4.21. The standard InChI is InChI=1S/C11H19NSi/c1-4-8-12-13-11-7-5-6-9(2)10(11)3/h5-7,12H,4,8,13H2,1-3H3. The zero-order valence-corrected chi connectivity index (χ0v) is 10.3. The van der Waals surface area contributed by atoms with E-state index in [-0.39, 0.29) is 9.68 Å². The molecule has 2 heteroatoms. The second kappa shape index (κ2) is 5.20. The van der Waals surface area contributed by atoms with Crippen LogP contribution >= 0.6 is 0 Å². The fraction of sp³-hybridized carbons (Fsp3) is 0.455. The molecule has 0 aliphatic heterocycles. The van der Waals surface area contributed by atoms with Crippen molar-refractivity contribution in [2.75, 3.05) is 6.54 Å². The first-order chi connectivity index (χ1) is 6.25. The maximum atomic E-state index is 3.56. The molecule has 0 atom stereocenters. The number of aryl methyl sites for hydroxylation is 1. The lowest BCUT2D eigenvalue weighted by atomic mass is 10.1. The minimum absolute atomic E-state index is 0.223. The Morgan fingerprint density at radius 1 is 1.31 bits per heavy atom. The Morgan fingerprint density at radius 2 is 2.08 bits per heavy atom. The van der Waals surface area contributed by atoms with Gasteiger partial charge in [0.15, 0.2) is 0 Å². The summed E-state index contributed by atoms with van der Waals surface area (Å²) in [6.07, 6.45) is 1.23. The lowest BCUT2D eigenvalue weighted by Gasteiger charge is -2.08. The van der Waals surface area contributed by atoms with Crippen molar-refractivity contribution >= 4 is 14.9 Å². The second-order valence-corrected chi connectivity index (χ2v) is 5.15. The Bertz CT molecular complexity index is 271. The number of benzene rings is 1. The van der Waals surface area contributed by atoms with Gasteiger partial charge >= 0.3 is 0 Å². The summed E-state index contributed by atoms with van der Waals surface area (Å²) in [4.78, 5) is 3.56. The number of hydrogen-bond acceptors (Lipinski definition) is 1. The van der Waals surface area contributed by atoms with E-state index in [9.17, 15) is 0 Å². The quantitative estimate of drug-likeness (QED) is 0.556. The molecular weight excluding hydrogens is 174 g/mol. The Morgan fingerprint density at radius 3 is 2.77 bits per heavy atom. The first kappa shape index (κ1) is 10.5. The van der Waals surface area contributed by atoms with Crippen LogP contribution in [0.5, 0.6) is 0 Å². The summed E-state index contributed by atoms with van der Waals surface area (Å²) in [6, 6.07) is 6.61. The van der Waals surface area contributed by atoms with Gasteiger partial charge in [0.1, 0.15) is 9.68 Å². The third kappa shape index (κ3) is 2.97. The van der Waals surface area contributed by atoms with Gasteiger partial charge in [-0.05, 0) is 43.1 Å². The van der Waals surface area contributed by atoms with Gasteiger partial charge in [-0.15, -0.1) is 0 Å². The van der Waals surface area contributed by atoms with Crippen LogP contribution in [0.4, 0.5) is 0 Å². The van der Waals surface area contributed by atoms with Gasteiger partial charge < -0.3 is 4.98 Å². The summed E-state index contributed by atoms with van der Waals surface area (Å²) in [5.41, 5.74) is 2.90. The van der Waals surface area contributed by atoms with E-state index in [0.717, 1.165) is 0 Å². The van der Waals surface area contributed by atoms with E-state index in [1.165, 1.54) is 24.1 Å². The van der Waals surface area contributed by atoms with Crippen LogP contribution in [0.1, 0.15) is 24.5 Å². The first-order valence-electron chi connectivity index (χ1n) is 5.01. The van der Waals surface area contributed by atoms with Gasteiger partial charge in [-0.2, -0.15) is 0 Å². The van der Waals surface area contributed by atoms with E-state index >= 15 is 0 Å². The molecule has 0 bridgehead atoms. The fourth-order valence-electron chi connectivity index (χ4n) is 1.40. The van der Waals surface area contributed by atoms with Crippen molar-refractivity contribution in [1.82, 2.24) is 4.98 Å². The Kier molecular flexibility index (Phi) is 4.19. The molecule has 0 heterocycles. The average molecular weight is 193 g/mol. The molecule has 0 unspecified atom stereocenters.